The number of ether oxygens (including phenoxy) is 1. The summed E-state index contributed by atoms with van der Waals surface area (Å²) >= 11 is 5.98. The number of aliphatic hydroxyl groups excluding tert-OH is 1. The average molecular weight is 245 g/mol. The normalized spacial score (nSPS) is 12.2. The summed E-state index contributed by atoms with van der Waals surface area (Å²) in [6.45, 7) is 1.91. The number of halogens is 1. The van der Waals surface area contributed by atoms with Crippen LogP contribution in [0.4, 0.5) is 0 Å². The highest BCUT2D eigenvalue weighted by molar-refractivity contribution is 6.31. The predicted molar refractivity (Wildman–Crippen MR) is 60.0 cm³/mol. The van der Waals surface area contributed by atoms with Gasteiger partial charge in [0.05, 0.1) is 7.11 Å². The van der Waals surface area contributed by atoms with Gasteiger partial charge in [0, 0.05) is 10.6 Å². The van der Waals surface area contributed by atoms with E-state index < -0.39 is 12.1 Å². The quantitative estimate of drug-likeness (QED) is 0.851. The van der Waals surface area contributed by atoms with E-state index in [-0.39, 0.29) is 5.56 Å². The van der Waals surface area contributed by atoms with E-state index in [9.17, 15) is 9.90 Å². The fraction of sp³-hybridized carbons (Fsp3) is 0.364. The first kappa shape index (κ1) is 12.8. The van der Waals surface area contributed by atoms with Crippen LogP contribution in [0.1, 0.15) is 24.2 Å². The molecule has 0 aromatic heterocycles. The summed E-state index contributed by atoms with van der Waals surface area (Å²) in [6, 6.07) is 2.94. The van der Waals surface area contributed by atoms with Crippen LogP contribution in [0.15, 0.2) is 12.1 Å². The number of aliphatic carboxylic acids is 1. The van der Waals surface area contributed by atoms with Gasteiger partial charge < -0.3 is 14.9 Å². The van der Waals surface area contributed by atoms with Crippen LogP contribution < -0.4 is 4.74 Å². The van der Waals surface area contributed by atoms with Crippen molar-refractivity contribution < 1.29 is 19.7 Å². The topological polar surface area (TPSA) is 66.8 Å². The minimum absolute atomic E-state index is 0.214. The lowest BCUT2D eigenvalue weighted by molar-refractivity contribution is -0.146. The Kier molecular flexibility index (Phi) is 4.15. The first-order valence-electron chi connectivity index (χ1n) is 4.78. The molecule has 0 heterocycles. The Balaban J connectivity index is 3.25. The van der Waals surface area contributed by atoms with Crippen LogP contribution in [-0.4, -0.2) is 23.3 Å². The van der Waals surface area contributed by atoms with Crippen LogP contribution in [0.3, 0.4) is 0 Å². The van der Waals surface area contributed by atoms with Crippen LogP contribution in [0.25, 0.3) is 0 Å². The number of rotatable bonds is 4. The minimum atomic E-state index is -1.59. The molecule has 0 aliphatic heterocycles. The van der Waals surface area contributed by atoms with E-state index in [2.05, 4.69) is 0 Å². The number of benzene rings is 1. The van der Waals surface area contributed by atoms with E-state index in [1.807, 2.05) is 6.92 Å². The molecule has 5 heteroatoms. The van der Waals surface area contributed by atoms with Gasteiger partial charge in [-0.25, -0.2) is 4.79 Å². The van der Waals surface area contributed by atoms with Crippen molar-refractivity contribution in [3.05, 3.63) is 28.3 Å². The summed E-state index contributed by atoms with van der Waals surface area (Å²) < 4.78 is 5.10. The number of hydrogen-bond donors (Lipinski definition) is 2. The zero-order valence-corrected chi connectivity index (χ0v) is 9.78. The van der Waals surface area contributed by atoms with Crippen molar-refractivity contribution >= 4 is 17.6 Å². The van der Waals surface area contributed by atoms with Crippen molar-refractivity contribution in [2.75, 3.05) is 7.11 Å². The molecule has 0 radical (unpaired) electrons. The Bertz CT molecular complexity index is 403. The maximum absolute atomic E-state index is 10.6. The van der Waals surface area contributed by atoms with Gasteiger partial charge in [-0.1, -0.05) is 18.5 Å². The van der Waals surface area contributed by atoms with Crippen LogP contribution in [-0.2, 0) is 11.2 Å². The minimum Gasteiger partial charge on any atom is -0.496 e. The van der Waals surface area contributed by atoms with E-state index in [1.165, 1.54) is 19.2 Å². The Hall–Kier alpha value is -1.26. The van der Waals surface area contributed by atoms with Crippen molar-refractivity contribution in [2.45, 2.75) is 19.4 Å². The van der Waals surface area contributed by atoms with E-state index >= 15 is 0 Å². The Labute approximate surface area is 98.4 Å². The lowest BCUT2D eigenvalue weighted by atomic mass is 10.0. The molecule has 0 amide bonds. The molecule has 0 aliphatic carbocycles. The second kappa shape index (κ2) is 5.18. The van der Waals surface area contributed by atoms with Gasteiger partial charge >= 0.3 is 5.97 Å². The summed E-state index contributed by atoms with van der Waals surface area (Å²) in [5.74, 6) is -0.826. The van der Waals surface area contributed by atoms with Gasteiger partial charge in [0.25, 0.3) is 0 Å². The lowest BCUT2D eigenvalue weighted by Crippen LogP contribution is -2.11. The molecule has 0 saturated carbocycles. The molecule has 0 saturated heterocycles. The summed E-state index contributed by atoms with van der Waals surface area (Å²) in [4.78, 5) is 10.6. The standard InChI is InChI=1S/C11H13ClO4/c1-3-7-8(12)4-6(5-9(7)16-2)10(13)11(14)15/h4-5,10,13H,3H2,1-2H3,(H,14,15). The largest absolute Gasteiger partial charge is 0.496 e. The van der Waals surface area contributed by atoms with Crippen LogP contribution >= 0.6 is 11.6 Å². The predicted octanol–water partition coefficient (Wildman–Crippen LogP) is 2.03. The van der Waals surface area contributed by atoms with Crippen molar-refractivity contribution in [3.63, 3.8) is 0 Å². The molecule has 4 nitrogen and oxygen atoms in total. The van der Waals surface area contributed by atoms with Gasteiger partial charge in [-0.15, -0.1) is 0 Å². The fourth-order valence-corrected chi connectivity index (χ4v) is 1.81. The molecular weight excluding hydrogens is 232 g/mol. The van der Waals surface area contributed by atoms with Crippen molar-refractivity contribution in [1.29, 1.82) is 0 Å². The second-order valence-electron chi connectivity index (χ2n) is 3.28. The van der Waals surface area contributed by atoms with Crippen molar-refractivity contribution in [3.8, 4) is 5.75 Å². The van der Waals surface area contributed by atoms with Crippen molar-refractivity contribution in [2.24, 2.45) is 0 Å². The third-order valence-corrected chi connectivity index (χ3v) is 2.64. The molecule has 1 unspecified atom stereocenters. The highest BCUT2D eigenvalue weighted by Crippen LogP contribution is 2.31. The molecular formula is C11H13ClO4. The van der Waals surface area contributed by atoms with Crippen molar-refractivity contribution in [1.82, 2.24) is 0 Å². The molecule has 0 spiro atoms. The molecule has 88 valence electrons. The maximum atomic E-state index is 10.6. The van der Waals surface area contributed by atoms with E-state index in [0.29, 0.717) is 17.2 Å². The molecule has 1 aromatic rings. The number of carboxylic acids is 1. The summed E-state index contributed by atoms with van der Waals surface area (Å²) in [5, 5.41) is 18.5. The van der Waals surface area contributed by atoms with Crippen LogP contribution in [0.2, 0.25) is 5.02 Å². The lowest BCUT2D eigenvalue weighted by Gasteiger charge is -2.13. The van der Waals surface area contributed by atoms with Gasteiger partial charge in [0.2, 0.25) is 0 Å². The first-order chi connectivity index (χ1) is 7.51. The van der Waals surface area contributed by atoms with Gasteiger partial charge in [-0.05, 0) is 24.1 Å². The Morgan fingerprint density at radius 3 is 2.62 bits per heavy atom. The zero-order valence-electron chi connectivity index (χ0n) is 9.03. The van der Waals surface area contributed by atoms with Crippen LogP contribution in [0.5, 0.6) is 5.75 Å². The average Bonchev–Trinajstić information content (AvgIpc) is 2.26. The number of hydrogen-bond acceptors (Lipinski definition) is 3. The second-order valence-corrected chi connectivity index (χ2v) is 3.69. The maximum Gasteiger partial charge on any atom is 0.337 e. The van der Waals surface area contributed by atoms with Crippen LogP contribution in [0, 0.1) is 0 Å². The summed E-state index contributed by atoms with van der Waals surface area (Å²) in [7, 11) is 1.47. The monoisotopic (exact) mass is 244 g/mol. The first-order valence-corrected chi connectivity index (χ1v) is 5.16. The molecule has 0 aliphatic rings. The smallest absolute Gasteiger partial charge is 0.337 e. The van der Waals surface area contributed by atoms with Gasteiger partial charge in [0.15, 0.2) is 6.10 Å². The highest BCUT2D eigenvalue weighted by Gasteiger charge is 2.19. The Morgan fingerprint density at radius 2 is 2.19 bits per heavy atom. The zero-order chi connectivity index (χ0) is 12.3. The molecule has 2 N–H and O–H groups in total. The van der Waals surface area contributed by atoms with Gasteiger partial charge in [-0.3, -0.25) is 0 Å². The number of carbonyl (C=O) groups is 1. The molecule has 1 atom stereocenters. The summed E-state index contributed by atoms with van der Waals surface area (Å²) in [5.41, 5.74) is 1.01. The molecule has 1 aromatic carbocycles. The summed E-state index contributed by atoms with van der Waals surface area (Å²) in [6.07, 6.45) is -0.914. The molecule has 1 rings (SSSR count). The third-order valence-electron chi connectivity index (χ3n) is 2.30. The molecule has 16 heavy (non-hydrogen) atoms. The third kappa shape index (κ3) is 2.46. The van der Waals surface area contributed by atoms with E-state index in [1.54, 1.807) is 0 Å². The number of aliphatic hydroxyl groups is 1. The van der Waals surface area contributed by atoms with Gasteiger partial charge in [0.1, 0.15) is 5.75 Å². The van der Waals surface area contributed by atoms with Gasteiger partial charge in [-0.2, -0.15) is 0 Å². The van der Waals surface area contributed by atoms with E-state index in [4.69, 9.17) is 21.4 Å². The molecule has 0 fully saturated rings. The molecule has 0 bridgehead atoms. The number of carboxylic acid groups (broad SMARTS) is 1. The van der Waals surface area contributed by atoms with E-state index in [0.717, 1.165) is 5.56 Å². The number of methoxy groups -OCH3 is 1. The highest BCUT2D eigenvalue weighted by atomic mass is 35.5. The Morgan fingerprint density at radius 1 is 1.56 bits per heavy atom. The SMILES string of the molecule is CCc1c(Cl)cc(C(O)C(=O)O)cc1OC. The fourth-order valence-electron chi connectivity index (χ4n) is 1.46.